The van der Waals surface area contributed by atoms with Gasteiger partial charge in [-0.1, -0.05) is 20.8 Å². The van der Waals surface area contributed by atoms with Crippen LogP contribution in [0.4, 0.5) is 0 Å². The molecule has 0 spiro atoms. The minimum atomic E-state index is -1.32. The number of carboxylic acid groups (broad SMARTS) is 1. The summed E-state index contributed by atoms with van der Waals surface area (Å²) in [5, 5.41) is 8.23. The van der Waals surface area contributed by atoms with E-state index in [1.165, 1.54) is 0 Å². The molecule has 0 bridgehead atoms. The Morgan fingerprint density at radius 1 is 1.27 bits per heavy atom. The van der Waals surface area contributed by atoms with Crippen LogP contribution in [0.15, 0.2) is 0 Å². The molecule has 0 rings (SSSR count). The van der Waals surface area contributed by atoms with Crippen molar-refractivity contribution in [2.24, 2.45) is 5.41 Å². The lowest BCUT2D eigenvalue weighted by Gasteiger charge is -2.15. The molecule has 3 nitrogen and oxygen atoms in total. The van der Waals surface area contributed by atoms with Gasteiger partial charge in [0.2, 0.25) is 5.78 Å². The van der Waals surface area contributed by atoms with Crippen molar-refractivity contribution in [1.82, 2.24) is 0 Å². The second kappa shape index (κ2) is 3.51. The van der Waals surface area contributed by atoms with E-state index in [4.69, 9.17) is 5.11 Å². The number of aliphatic carboxylic acids is 1. The predicted octanol–water partition coefficient (Wildman–Crippen LogP) is 1.47. The Bertz CT molecular complexity index is 165. The number of hydrogen-bond acceptors (Lipinski definition) is 2. The smallest absolute Gasteiger partial charge is 0.372 e. The van der Waals surface area contributed by atoms with Crippen molar-refractivity contribution < 1.29 is 14.7 Å². The molecule has 0 aliphatic carbocycles. The number of carbonyl (C=O) groups is 2. The van der Waals surface area contributed by atoms with Crippen molar-refractivity contribution >= 4 is 11.8 Å². The number of ketones is 1. The van der Waals surface area contributed by atoms with Gasteiger partial charge in [-0.3, -0.25) is 4.79 Å². The van der Waals surface area contributed by atoms with E-state index in [1.807, 2.05) is 20.8 Å². The number of carbonyl (C=O) groups excluding carboxylic acids is 1. The van der Waals surface area contributed by atoms with Crippen LogP contribution in [0.2, 0.25) is 0 Å². The Morgan fingerprint density at radius 2 is 1.73 bits per heavy atom. The van der Waals surface area contributed by atoms with Crippen LogP contribution in [0.3, 0.4) is 0 Å². The van der Waals surface area contributed by atoms with Gasteiger partial charge in [-0.05, 0) is 11.8 Å². The molecule has 3 heteroatoms. The average molecular weight is 158 g/mol. The topological polar surface area (TPSA) is 54.4 Å². The fourth-order valence-corrected chi connectivity index (χ4v) is 0.595. The minimum absolute atomic E-state index is 0.0328. The lowest BCUT2D eigenvalue weighted by molar-refractivity contribution is -0.149. The van der Waals surface area contributed by atoms with E-state index in [0.29, 0.717) is 6.42 Å². The zero-order chi connectivity index (χ0) is 9.07. The van der Waals surface area contributed by atoms with Crippen molar-refractivity contribution in [3.63, 3.8) is 0 Å². The van der Waals surface area contributed by atoms with E-state index in [9.17, 15) is 9.59 Å². The first-order valence-electron chi connectivity index (χ1n) is 3.59. The second-order valence-electron chi connectivity index (χ2n) is 3.79. The summed E-state index contributed by atoms with van der Waals surface area (Å²) in [6.45, 7) is 5.92. The first-order chi connectivity index (χ1) is 4.83. The van der Waals surface area contributed by atoms with E-state index in [1.54, 1.807) is 0 Å². The maximum atomic E-state index is 10.6. The Morgan fingerprint density at radius 3 is 2.00 bits per heavy atom. The van der Waals surface area contributed by atoms with Crippen LogP contribution in [0.1, 0.15) is 33.6 Å². The average Bonchev–Trinajstić information content (AvgIpc) is 1.80. The van der Waals surface area contributed by atoms with Gasteiger partial charge < -0.3 is 5.11 Å². The Kier molecular flexibility index (Phi) is 3.23. The highest BCUT2D eigenvalue weighted by atomic mass is 16.4. The normalized spacial score (nSPS) is 11.2. The van der Waals surface area contributed by atoms with Crippen LogP contribution in [0, 0.1) is 5.41 Å². The van der Waals surface area contributed by atoms with Gasteiger partial charge in [0.05, 0.1) is 0 Å². The number of rotatable bonds is 3. The molecule has 64 valence electrons. The van der Waals surface area contributed by atoms with Crippen LogP contribution < -0.4 is 0 Å². The van der Waals surface area contributed by atoms with Crippen LogP contribution in [-0.2, 0) is 9.59 Å². The molecule has 11 heavy (non-hydrogen) atoms. The molecule has 0 unspecified atom stereocenters. The van der Waals surface area contributed by atoms with Crippen molar-refractivity contribution in [2.45, 2.75) is 33.6 Å². The molecule has 0 aliphatic heterocycles. The summed E-state index contributed by atoms with van der Waals surface area (Å²) in [6.07, 6.45) is 0.761. The Labute approximate surface area is 66.4 Å². The molecule has 0 atom stereocenters. The minimum Gasteiger partial charge on any atom is -0.476 e. The molecule has 0 saturated heterocycles. The molecule has 0 aromatic heterocycles. The predicted molar refractivity (Wildman–Crippen MR) is 41.3 cm³/mol. The van der Waals surface area contributed by atoms with E-state index in [-0.39, 0.29) is 11.8 Å². The van der Waals surface area contributed by atoms with Crippen molar-refractivity contribution in [2.75, 3.05) is 0 Å². The molecule has 0 aromatic rings. The van der Waals surface area contributed by atoms with Gasteiger partial charge >= 0.3 is 5.97 Å². The zero-order valence-electron chi connectivity index (χ0n) is 7.18. The van der Waals surface area contributed by atoms with E-state index in [0.717, 1.165) is 0 Å². The van der Waals surface area contributed by atoms with Crippen LogP contribution in [0.5, 0.6) is 0 Å². The van der Waals surface area contributed by atoms with Gasteiger partial charge in [-0.15, -0.1) is 0 Å². The molecule has 0 saturated carbocycles. The highest BCUT2D eigenvalue weighted by Crippen LogP contribution is 2.20. The first kappa shape index (κ1) is 10.1. The first-order valence-corrected chi connectivity index (χ1v) is 3.59. The Hall–Kier alpha value is -0.860. The summed E-state index contributed by atoms with van der Waals surface area (Å²) in [7, 11) is 0. The Balaban J connectivity index is 3.73. The van der Waals surface area contributed by atoms with Crippen molar-refractivity contribution in [3.05, 3.63) is 0 Å². The summed E-state index contributed by atoms with van der Waals surface area (Å²) in [5.41, 5.74) is 0.0328. The molecule has 0 fully saturated rings. The van der Waals surface area contributed by atoms with Gasteiger partial charge in [0, 0.05) is 6.42 Å². The molecular weight excluding hydrogens is 144 g/mol. The molecule has 0 aliphatic rings. The molecular formula is C8H14O3. The van der Waals surface area contributed by atoms with Crippen molar-refractivity contribution in [1.29, 1.82) is 0 Å². The molecule has 0 aromatic carbocycles. The second-order valence-corrected chi connectivity index (χ2v) is 3.79. The monoisotopic (exact) mass is 158 g/mol. The lowest BCUT2D eigenvalue weighted by Crippen LogP contribution is -2.15. The van der Waals surface area contributed by atoms with Crippen LogP contribution in [0.25, 0.3) is 0 Å². The standard InChI is InChI=1S/C8H14O3/c1-8(2,3)5-4-6(9)7(10)11/h4-5H2,1-3H3,(H,10,11). The quantitative estimate of drug-likeness (QED) is 0.633. The lowest BCUT2D eigenvalue weighted by atomic mass is 9.90. The van der Waals surface area contributed by atoms with E-state index < -0.39 is 11.8 Å². The third kappa shape index (κ3) is 5.58. The van der Waals surface area contributed by atoms with Gasteiger partial charge in [0.25, 0.3) is 0 Å². The fourth-order valence-electron chi connectivity index (χ4n) is 0.595. The van der Waals surface area contributed by atoms with E-state index in [2.05, 4.69) is 0 Å². The third-order valence-corrected chi connectivity index (χ3v) is 1.34. The maximum absolute atomic E-state index is 10.6. The number of Topliss-reactive ketones (excluding diaryl/α,β-unsaturated/α-hetero) is 1. The van der Waals surface area contributed by atoms with Gasteiger partial charge in [-0.2, -0.15) is 0 Å². The van der Waals surface area contributed by atoms with Crippen molar-refractivity contribution in [3.8, 4) is 0 Å². The van der Waals surface area contributed by atoms with Crippen LogP contribution in [-0.4, -0.2) is 16.9 Å². The number of hydrogen-bond donors (Lipinski definition) is 1. The molecule has 0 heterocycles. The maximum Gasteiger partial charge on any atom is 0.372 e. The third-order valence-electron chi connectivity index (χ3n) is 1.34. The molecule has 0 amide bonds. The number of carboxylic acids is 1. The summed E-state index contributed by atoms with van der Waals surface area (Å²) in [6, 6.07) is 0. The van der Waals surface area contributed by atoms with Gasteiger partial charge in [0.15, 0.2) is 0 Å². The fraction of sp³-hybridized carbons (Fsp3) is 0.750. The largest absolute Gasteiger partial charge is 0.476 e. The summed E-state index contributed by atoms with van der Waals surface area (Å²) in [4.78, 5) is 20.7. The zero-order valence-corrected chi connectivity index (χ0v) is 7.18. The van der Waals surface area contributed by atoms with Crippen LogP contribution >= 0.6 is 0 Å². The highest BCUT2D eigenvalue weighted by molar-refractivity contribution is 6.32. The van der Waals surface area contributed by atoms with E-state index >= 15 is 0 Å². The highest BCUT2D eigenvalue weighted by Gasteiger charge is 2.16. The summed E-state index contributed by atoms with van der Waals surface area (Å²) in [5.74, 6) is -2.02. The summed E-state index contributed by atoms with van der Waals surface area (Å²) < 4.78 is 0. The summed E-state index contributed by atoms with van der Waals surface area (Å²) >= 11 is 0. The van der Waals surface area contributed by atoms with Gasteiger partial charge in [0.1, 0.15) is 0 Å². The molecule has 1 N–H and O–H groups in total. The van der Waals surface area contributed by atoms with Gasteiger partial charge in [-0.25, -0.2) is 4.79 Å². The molecule has 0 radical (unpaired) electrons. The SMILES string of the molecule is CC(C)(C)CCC(=O)C(=O)O.